The smallest absolute Gasteiger partial charge is 0.0462 e. The molecule has 0 N–H and O–H groups in total. The van der Waals surface area contributed by atoms with Crippen LogP contribution in [0, 0.1) is 0 Å². The minimum Gasteiger partial charge on any atom is -0.311 e. The van der Waals surface area contributed by atoms with Gasteiger partial charge in [0.2, 0.25) is 0 Å². The number of rotatable bonds is 8. The second-order valence-electron chi connectivity index (χ2n) is 14.6. The fourth-order valence-corrected chi connectivity index (χ4v) is 8.12. The Hall–Kier alpha value is -7.48. The average molecular weight is 726 g/mol. The molecule has 0 saturated heterocycles. The maximum absolute atomic E-state index is 2.29. The van der Waals surface area contributed by atoms with Crippen molar-refractivity contribution in [1.29, 1.82) is 0 Å². The van der Waals surface area contributed by atoms with Crippen molar-refractivity contribution in [3.8, 4) is 55.6 Å². The van der Waals surface area contributed by atoms with Crippen molar-refractivity contribution in [1.82, 2.24) is 0 Å². The van der Waals surface area contributed by atoms with Crippen LogP contribution in [0.5, 0.6) is 0 Å². The summed E-state index contributed by atoms with van der Waals surface area (Å²) >= 11 is 0. The number of hydrogen-bond donors (Lipinski definition) is 0. The molecule has 0 bridgehead atoms. The Balaban J connectivity index is 0.838. The number of hydrogen-bond acceptors (Lipinski definition) is 1. The van der Waals surface area contributed by atoms with Gasteiger partial charge in [0.15, 0.2) is 0 Å². The first-order valence-corrected chi connectivity index (χ1v) is 19.6. The standard InChI is InChI=1S/C56H39N/c1-3-13-51(14-4-1)57(52-15-5-2-6-16-52)53-37-35-47(36-38-53)45-29-27-43(28-30-45)41-21-19-40(20-22-41)42-23-25-44(26-24-42)46-31-33-48(34-32-46)56-54-17-9-7-11-49(54)39-50-12-8-10-18-55(50)56/h1-39H. The predicted octanol–water partition coefficient (Wildman–Crippen LogP) is 15.8. The van der Waals surface area contributed by atoms with E-state index in [1.54, 1.807) is 0 Å². The SMILES string of the molecule is c1ccc(N(c2ccccc2)c2ccc(-c3ccc(-c4ccc(-c5ccc(-c6ccc(-c7c8ccccc8cc8ccccc78)cc6)cc5)cc4)cc3)cc2)cc1. The van der Waals surface area contributed by atoms with Crippen LogP contribution in [0.15, 0.2) is 237 Å². The summed E-state index contributed by atoms with van der Waals surface area (Å²) < 4.78 is 0. The molecule has 0 heterocycles. The van der Waals surface area contributed by atoms with Gasteiger partial charge in [-0.25, -0.2) is 0 Å². The summed E-state index contributed by atoms with van der Waals surface area (Å²) in [4.78, 5) is 2.29. The van der Waals surface area contributed by atoms with Gasteiger partial charge >= 0.3 is 0 Å². The Kier molecular flexibility index (Phi) is 8.95. The van der Waals surface area contributed by atoms with E-state index in [1.807, 2.05) is 0 Å². The van der Waals surface area contributed by atoms with E-state index < -0.39 is 0 Å². The molecule has 10 aromatic rings. The highest BCUT2D eigenvalue weighted by Crippen LogP contribution is 2.38. The molecule has 1 nitrogen and oxygen atoms in total. The van der Waals surface area contributed by atoms with Gasteiger partial charge in [0.25, 0.3) is 0 Å². The lowest BCUT2D eigenvalue weighted by atomic mass is 9.91. The van der Waals surface area contributed by atoms with E-state index in [2.05, 4.69) is 241 Å². The zero-order valence-corrected chi connectivity index (χ0v) is 31.5. The van der Waals surface area contributed by atoms with Crippen LogP contribution >= 0.6 is 0 Å². The first-order chi connectivity index (χ1) is 28.2. The van der Waals surface area contributed by atoms with E-state index in [1.165, 1.54) is 77.2 Å². The highest BCUT2D eigenvalue weighted by molar-refractivity contribution is 6.12. The Labute approximate surface area is 334 Å². The molecule has 0 saturated carbocycles. The summed E-state index contributed by atoms with van der Waals surface area (Å²) in [6, 6.07) is 85.4. The van der Waals surface area contributed by atoms with Gasteiger partial charge in [0.1, 0.15) is 0 Å². The quantitative estimate of drug-likeness (QED) is 0.141. The topological polar surface area (TPSA) is 3.24 Å². The molecule has 0 amide bonds. The van der Waals surface area contributed by atoms with Crippen LogP contribution in [-0.2, 0) is 0 Å². The molecule has 0 unspecified atom stereocenters. The Morgan fingerprint density at radius 2 is 0.474 bits per heavy atom. The number of fused-ring (bicyclic) bond motifs is 2. The Morgan fingerprint density at radius 3 is 0.825 bits per heavy atom. The van der Waals surface area contributed by atoms with Crippen molar-refractivity contribution in [3.05, 3.63) is 237 Å². The zero-order valence-electron chi connectivity index (χ0n) is 31.5. The molecule has 1 heteroatoms. The molecular formula is C56H39N. The molecule has 0 aliphatic rings. The third-order valence-corrected chi connectivity index (χ3v) is 11.1. The summed E-state index contributed by atoms with van der Waals surface area (Å²) in [6.45, 7) is 0. The molecule has 0 aromatic heterocycles. The van der Waals surface area contributed by atoms with Crippen LogP contribution in [0.3, 0.4) is 0 Å². The average Bonchev–Trinajstić information content (AvgIpc) is 3.29. The van der Waals surface area contributed by atoms with Crippen molar-refractivity contribution in [3.63, 3.8) is 0 Å². The second kappa shape index (κ2) is 15.0. The van der Waals surface area contributed by atoms with Gasteiger partial charge in [-0.3, -0.25) is 0 Å². The van der Waals surface area contributed by atoms with Gasteiger partial charge in [-0.05, 0) is 120 Å². The monoisotopic (exact) mass is 725 g/mol. The first-order valence-electron chi connectivity index (χ1n) is 19.6. The molecule has 0 fully saturated rings. The molecular weight excluding hydrogens is 687 g/mol. The molecule has 0 spiro atoms. The van der Waals surface area contributed by atoms with Crippen molar-refractivity contribution in [2.24, 2.45) is 0 Å². The first kappa shape index (κ1) is 34.0. The van der Waals surface area contributed by atoms with E-state index in [0.29, 0.717) is 0 Å². The molecule has 0 atom stereocenters. The third-order valence-electron chi connectivity index (χ3n) is 11.1. The number of para-hydroxylation sites is 2. The summed E-state index contributed by atoms with van der Waals surface area (Å²) in [5.74, 6) is 0. The van der Waals surface area contributed by atoms with Crippen molar-refractivity contribution >= 4 is 38.6 Å². The van der Waals surface area contributed by atoms with Crippen molar-refractivity contribution < 1.29 is 0 Å². The molecule has 0 aliphatic heterocycles. The lowest BCUT2D eigenvalue weighted by Gasteiger charge is -2.25. The summed E-state index contributed by atoms with van der Waals surface area (Å²) in [5.41, 5.74) is 15.6. The fourth-order valence-electron chi connectivity index (χ4n) is 8.12. The predicted molar refractivity (Wildman–Crippen MR) is 243 cm³/mol. The molecule has 0 aliphatic carbocycles. The molecule has 10 aromatic carbocycles. The van der Waals surface area contributed by atoms with E-state index in [9.17, 15) is 0 Å². The van der Waals surface area contributed by atoms with Gasteiger partial charge in [0, 0.05) is 17.1 Å². The van der Waals surface area contributed by atoms with Gasteiger partial charge in [-0.1, -0.05) is 194 Å². The minimum absolute atomic E-state index is 1.13. The maximum atomic E-state index is 2.29. The fraction of sp³-hybridized carbons (Fsp3) is 0. The lowest BCUT2D eigenvalue weighted by Crippen LogP contribution is -2.09. The highest BCUT2D eigenvalue weighted by atomic mass is 15.1. The van der Waals surface area contributed by atoms with Gasteiger partial charge in [-0.15, -0.1) is 0 Å². The van der Waals surface area contributed by atoms with Crippen molar-refractivity contribution in [2.75, 3.05) is 4.90 Å². The van der Waals surface area contributed by atoms with Crippen LogP contribution in [0.2, 0.25) is 0 Å². The van der Waals surface area contributed by atoms with E-state index in [-0.39, 0.29) is 0 Å². The summed E-state index contributed by atoms with van der Waals surface area (Å²) in [5, 5.41) is 5.11. The molecule has 0 radical (unpaired) electrons. The molecule has 10 rings (SSSR count). The van der Waals surface area contributed by atoms with Crippen LogP contribution in [0.25, 0.3) is 77.2 Å². The number of benzene rings is 10. The number of nitrogens with zero attached hydrogens (tertiary/aromatic N) is 1. The Bertz CT molecular complexity index is 2840. The Morgan fingerprint density at radius 1 is 0.211 bits per heavy atom. The highest BCUT2D eigenvalue weighted by Gasteiger charge is 2.13. The van der Waals surface area contributed by atoms with Crippen LogP contribution in [0.1, 0.15) is 0 Å². The zero-order chi connectivity index (χ0) is 38.0. The molecule has 268 valence electrons. The maximum Gasteiger partial charge on any atom is 0.0462 e. The van der Waals surface area contributed by atoms with Crippen LogP contribution in [-0.4, -0.2) is 0 Å². The van der Waals surface area contributed by atoms with Gasteiger partial charge in [0.05, 0.1) is 0 Å². The largest absolute Gasteiger partial charge is 0.311 e. The second-order valence-corrected chi connectivity index (χ2v) is 14.6. The van der Waals surface area contributed by atoms with Crippen molar-refractivity contribution in [2.45, 2.75) is 0 Å². The van der Waals surface area contributed by atoms with E-state index in [4.69, 9.17) is 0 Å². The van der Waals surface area contributed by atoms with Gasteiger partial charge < -0.3 is 4.90 Å². The number of anilines is 3. The van der Waals surface area contributed by atoms with E-state index in [0.717, 1.165) is 17.1 Å². The third kappa shape index (κ3) is 6.77. The van der Waals surface area contributed by atoms with E-state index >= 15 is 0 Å². The molecule has 57 heavy (non-hydrogen) atoms. The minimum atomic E-state index is 1.13. The van der Waals surface area contributed by atoms with Gasteiger partial charge in [-0.2, -0.15) is 0 Å². The normalized spacial score (nSPS) is 11.2. The van der Waals surface area contributed by atoms with Crippen LogP contribution in [0.4, 0.5) is 17.1 Å². The lowest BCUT2D eigenvalue weighted by molar-refractivity contribution is 1.28. The van der Waals surface area contributed by atoms with Crippen LogP contribution < -0.4 is 4.90 Å². The summed E-state index contributed by atoms with van der Waals surface area (Å²) in [6.07, 6.45) is 0. The summed E-state index contributed by atoms with van der Waals surface area (Å²) in [7, 11) is 0.